The average molecular weight is 486 g/mol. The molecule has 0 amide bonds. The van der Waals surface area contributed by atoms with Crippen LogP contribution in [0, 0.1) is 0 Å². The third-order valence-electron chi connectivity index (χ3n) is 6.63. The fraction of sp³-hybridized carbons (Fsp3) is 0. The van der Waals surface area contributed by atoms with E-state index in [1.807, 2.05) is 54.9 Å². The minimum Gasteiger partial charge on any atom is -0.462 e. The van der Waals surface area contributed by atoms with Gasteiger partial charge in [-0.05, 0) is 48.5 Å². The third kappa shape index (κ3) is 3.12. The number of hydrogen-bond acceptors (Lipinski definition) is 3. The Morgan fingerprint density at radius 2 is 1.42 bits per heavy atom. The van der Waals surface area contributed by atoms with Crippen LogP contribution in [0.1, 0.15) is 0 Å². The van der Waals surface area contributed by atoms with E-state index < -0.39 is 0 Å². The maximum absolute atomic E-state index is 7.30. The van der Waals surface area contributed by atoms with Gasteiger partial charge in [-0.3, -0.25) is 4.98 Å². The minimum absolute atomic E-state index is 0.645. The zero-order chi connectivity index (χ0) is 24.1. The van der Waals surface area contributed by atoms with E-state index in [9.17, 15) is 0 Å². The largest absolute Gasteiger partial charge is 0.462 e. The molecule has 7 rings (SSSR count). The van der Waals surface area contributed by atoms with Gasteiger partial charge in [0.15, 0.2) is 0 Å². The minimum atomic E-state index is 0.645. The molecule has 0 fully saturated rings. The zero-order valence-corrected chi connectivity index (χ0v) is 19.9. The highest BCUT2D eigenvalue weighted by Gasteiger charge is 2.23. The van der Waals surface area contributed by atoms with Crippen molar-refractivity contribution < 1.29 is 4.42 Å². The number of aromatic nitrogens is 2. The Bertz CT molecular complexity index is 1820. The van der Waals surface area contributed by atoms with Crippen molar-refractivity contribution in [3.8, 4) is 5.69 Å². The van der Waals surface area contributed by atoms with Crippen LogP contribution in [0.5, 0.6) is 0 Å². The molecule has 7 aromatic rings. The number of anilines is 3. The summed E-state index contributed by atoms with van der Waals surface area (Å²) in [5.41, 5.74) is 6.67. The van der Waals surface area contributed by atoms with Crippen molar-refractivity contribution in [3.05, 3.63) is 127 Å². The van der Waals surface area contributed by atoms with Crippen LogP contribution in [0.4, 0.5) is 17.1 Å². The Kier molecular flexibility index (Phi) is 4.79. The van der Waals surface area contributed by atoms with Gasteiger partial charge >= 0.3 is 0 Å². The normalized spacial score (nSPS) is 11.5. The molecule has 0 aliphatic heterocycles. The lowest BCUT2D eigenvalue weighted by molar-refractivity contribution is 0.616. The average Bonchev–Trinajstić information content (AvgIpc) is 3.50. The summed E-state index contributed by atoms with van der Waals surface area (Å²) < 4.78 is 8.15. The molecule has 3 heterocycles. The summed E-state index contributed by atoms with van der Waals surface area (Å²) in [4.78, 5) is 6.54. The second-order valence-electron chi connectivity index (χ2n) is 8.64. The predicted molar refractivity (Wildman–Crippen MR) is 148 cm³/mol. The van der Waals surface area contributed by atoms with E-state index in [0.29, 0.717) is 5.02 Å². The Balaban J connectivity index is 1.52. The molecule has 0 saturated heterocycles. The maximum Gasteiger partial charge on any atom is 0.136 e. The Morgan fingerprint density at radius 3 is 2.31 bits per heavy atom. The molecule has 0 spiro atoms. The Labute approximate surface area is 212 Å². The highest BCUT2D eigenvalue weighted by molar-refractivity contribution is 6.36. The van der Waals surface area contributed by atoms with E-state index in [1.165, 1.54) is 0 Å². The van der Waals surface area contributed by atoms with Gasteiger partial charge in [-0.25, -0.2) is 0 Å². The molecule has 4 aromatic carbocycles. The van der Waals surface area contributed by atoms with Crippen LogP contribution in [0.15, 0.2) is 126 Å². The number of para-hydroxylation sites is 3. The van der Waals surface area contributed by atoms with E-state index in [1.54, 1.807) is 6.26 Å². The first-order valence-electron chi connectivity index (χ1n) is 11.7. The highest BCUT2D eigenvalue weighted by Crippen LogP contribution is 2.45. The molecule has 5 heteroatoms. The van der Waals surface area contributed by atoms with Crippen molar-refractivity contribution in [3.63, 3.8) is 0 Å². The van der Waals surface area contributed by atoms with E-state index >= 15 is 0 Å². The summed E-state index contributed by atoms with van der Waals surface area (Å²) in [6.45, 7) is 0. The number of benzene rings is 4. The van der Waals surface area contributed by atoms with Gasteiger partial charge in [0, 0.05) is 34.2 Å². The van der Waals surface area contributed by atoms with Crippen LogP contribution < -0.4 is 4.90 Å². The Hall–Kier alpha value is -4.54. The first-order chi connectivity index (χ1) is 17.8. The lowest BCUT2D eigenvalue weighted by atomic mass is 10.1. The van der Waals surface area contributed by atoms with Crippen molar-refractivity contribution in [2.75, 3.05) is 4.90 Å². The molecule has 36 heavy (non-hydrogen) atoms. The lowest BCUT2D eigenvalue weighted by Gasteiger charge is -2.26. The van der Waals surface area contributed by atoms with Crippen LogP contribution in [-0.2, 0) is 0 Å². The number of rotatable bonds is 4. The van der Waals surface area contributed by atoms with Gasteiger partial charge in [0.2, 0.25) is 0 Å². The molecule has 3 aromatic heterocycles. The second-order valence-corrected chi connectivity index (χ2v) is 9.02. The number of furan rings is 1. The van der Waals surface area contributed by atoms with E-state index in [4.69, 9.17) is 16.0 Å². The van der Waals surface area contributed by atoms with Gasteiger partial charge in [0.25, 0.3) is 0 Å². The van der Waals surface area contributed by atoms with Crippen LogP contribution >= 0.6 is 11.6 Å². The summed E-state index contributed by atoms with van der Waals surface area (Å²) >= 11 is 7.30. The van der Waals surface area contributed by atoms with Crippen molar-refractivity contribution in [1.82, 2.24) is 9.55 Å². The quantitative estimate of drug-likeness (QED) is 0.249. The molecule has 172 valence electrons. The van der Waals surface area contributed by atoms with Gasteiger partial charge in [-0.2, -0.15) is 0 Å². The number of hydrogen-bond donors (Lipinski definition) is 0. The summed E-state index contributed by atoms with van der Waals surface area (Å²) in [6.07, 6.45) is 5.54. The second kappa shape index (κ2) is 8.29. The van der Waals surface area contributed by atoms with Crippen LogP contribution in [0.25, 0.3) is 38.5 Å². The molecule has 0 aliphatic carbocycles. The number of nitrogens with zero attached hydrogens (tertiary/aromatic N) is 3. The van der Waals surface area contributed by atoms with Crippen LogP contribution in [-0.4, -0.2) is 9.55 Å². The molecular weight excluding hydrogens is 466 g/mol. The summed E-state index contributed by atoms with van der Waals surface area (Å²) in [6, 6.07) is 34.8. The number of halogens is 1. The molecule has 0 N–H and O–H groups in total. The van der Waals surface area contributed by atoms with Crippen molar-refractivity contribution in [2.24, 2.45) is 0 Å². The summed E-state index contributed by atoms with van der Waals surface area (Å²) in [5.74, 6) is 0. The third-order valence-corrected chi connectivity index (χ3v) is 7.02. The highest BCUT2D eigenvalue weighted by atomic mass is 35.5. The fourth-order valence-electron chi connectivity index (χ4n) is 5.05. The fourth-order valence-corrected chi connectivity index (χ4v) is 5.35. The molecule has 0 atom stereocenters. The summed E-state index contributed by atoms with van der Waals surface area (Å²) in [5, 5.41) is 3.90. The SMILES string of the molecule is Clc1c(N(c2ccccc2)c2coc3ccccc23)cccc1-n1c2ccccc2c2cnccc21. The van der Waals surface area contributed by atoms with Gasteiger partial charge in [0.1, 0.15) is 11.8 Å². The first kappa shape index (κ1) is 20.8. The van der Waals surface area contributed by atoms with E-state index in [2.05, 4.69) is 75.1 Å². The standard InChI is InChI=1S/C31H20ClN3O/c32-31-27(34(21-9-2-1-3-10-21)29-20-36-30-16-7-5-12-23(29)30)14-8-15-28(31)35-25-13-6-4-11-22(25)24-19-33-18-17-26(24)35/h1-20H. The van der Waals surface area contributed by atoms with Crippen LogP contribution in [0.3, 0.4) is 0 Å². The van der Waals surface area contributed by atoms with Crippen molar-refractivity contribution in [1.29, 1.82) is 0 Å². The van der Waals surface area contributed by atoms with Gasteiger partial charge in [-0.15, -0.1) is 0 Å². The van der Waals surface area contributed by atoms with Crippen molar-refractivity contribution in [2.45, 2.75) is 0 Å². The molecule has 0 radical (unpaired) electrons. The molecule has 4 nitrogen and oxygen atoms in total. The molecule has 0 aliphatic rings. The Morgan fingerprint density at radius 1 is 0.667 bits per heavy atom. The van der Waals surface area contributed by atoms with Gasteiger partial charge in [0.05, 0.1) is 33.1 Å². The molecular formula is C31H20ClN3O. The maximum atomic E-state index is 7.30. The topological polar surface area (TPSA) is 34.2 Å². The first-order valence-corrected chi connectivity index (χ1v) is 12.1. The number of fused-ring (bicyclic) bond motifs is 4. The predicted octanol–water partition coefficient (Wildman–Crippen LogP) is 9.05. The smallest absolute Gasteiger partial charge is 0.136 e. The van der Waals surface area contributed by atoms with Crippen molar-refractivity contribution >= 4 is 61.4 Å². The lowest BCUT2D eigenvalue weighted by Crippen LogP contribution is -2.11. The molecule has 0 bridgehead atoms. The zero-order valence-electron chi connectivity index (χ0n) is 19.2. The monoisotopic (exact) mass is 485 g/mol. The van der Waals surface area contributed by atoms with Gasteiger partial charge in [-0.1, -0.05) is 66.2 Å². The number of pyridine rings is 1. The summed E-state index contributed by atoms with van der Waals surface area (Å²) in [7, 11) is 0. The van der Waals surface area contributed by atoms with Crippen LogP contribution in [0.2, 0.25) is 5.02 Å². The van der Waals surface area contributed by atoms with E-state index in [0.717, 1.165) is 55.5 Å². The molecule has 0 saturated carbocycles. The van der Waals surface area contributed by atoms with Gasteiger partial charge < -0.3 is 13.9 Å². The molecule has 0 unspecified atom stereocenters. The van der Waals surface area contributed by atoms with E-state index in [-0.39, 0.29) is 0 Å².